The molecule has 0 aromatic rings. The molecule has 0 aliphatic heterocycles. The van der Waals surface area contributed by atoms with Gasteiger partial charge in [0.25, 0.3) is 0 Å². The van der Waals surface area contributed by atoms with Gasteiger partial charge in [-0.15, -0.1) is 0 Å². The van der Waals surface area contributed by atoms with E-state index in [0.29, 0.717) is 25.0 Å². The Balaban J connectivity index is 1.78. The Labute approximate surface area is 159 Å². The minimum atomic E-state index is -0.760. The van der Waals surface area contributed by atoms with Gasteiger partial charge in [0.1, 0.15) is 11.5 Å². The van der Waals surface area contributed by atoms with E-state index in [2.05, 4.69) is 13.0 Å². The molecule has 0 aromatic carbocycles. The van der Waals surface area contributed by atoms with Gasteiger partial charge in [0, 0.05) is 37.0 Å². The highest BCUT2D eigenvalue weighted by molar-refractivity contribution is 7.82. The highest BCUT2D eigenvalue weighted by Crippen LogP contribution is 2.66. The minimum Gasteiger partial charge on any atom is -0.431 e. The largest absolute Gasteiger partial charge is 0.431 e. The number of allylic oxidation sites excluding steroid dienone is 4. The lowest BCUT2D eigenvalue weighted by Crippen LogP contribution is -2.64. The summed E-state index contributed by atoms with van der Waals surface area (Å²) in [5, 5.41) is 0. The molecule has 0 aromatic heterocycles. The Morgan fingerprint density at radius 3 is 2.62 bits per heavy atom. The summed E-state index contributed by atoms with van der Waals surface area (Å²) in [6.07, 6.45) is 7.96. The van der Waals surface area contributed by atoms with Crippen LogP contribution in [0.2, 0.25) is 0 Å². The standard InChI is InChI=1S/C21H26O4S/c1-12(22)25-14-8-9-20(3)13(10-14)4-5-16-15-6-7-17(23)19(15,2)11-18(24)21(16,20)26/h4,10,15-16,26H,5-9,11H2,1-3H3/t15-,16-,19+,20+,21+/m0/s1. The lowest BCUT2D eigenvalue weighted by atomic mass is 9.47. The predicted molar refractivity (Wildman–Crippen MR) is 101 cm³/mol. The quantitative estimate of drug-likeness (QED) is 0.560. The molecular weight excluding hydrogens is 348 g/mol. The molecule has 5 heteroatoms. The molecule has 0 heterocycles. The van der Waals surface area contributed by atoms with Crippen LogP contribution in [0.25, 0.3) is 0 Å². The van der Waals surface area contributed by atoms with Crippen molar-refractivity contribution in [3.05, 3.63) is 23.5 Å². The lowest BCUT2D eigenvalue weighted by Gasteiger charge is -2.60. The van der Waals surface area contributed by atoms with Crippen molar-refractivity contribution in [1.82, 2.24) is 0 Å². The van der Waals surface area contributed by atoms with E-state index < -0.39 is 15.6 Å². The molecule has 0 N–H and O–H groups in total. The molecule has 0 spiro atoms. The fourth-order valence-electron chi connectivity index (χ4n) is 6.13. The summed E-state index contributed by atoms with van der Waals surface area (Å²) in [5.74, 6) is 1.01. The number of carbonyl (C=O) groups excluding carboxylic acids is 3. The molecule has 5 atom stereocenters. The monoisotopic (exact) mass is 374 g/mol. The van der Waals surface area contributed by atoms with Crippen LogP contribution in [0.1, 0.15) is 59.3 Å². The number of esters is 1. The maximum Gasteiger partial charge on any atom is 0.307 e. The molecule has 140 valence electrons. The second kappa shape index (κ2) is 5.57. The highest BCUT2D eigenvalue weighted by Gasteiger charge is 2.68. The van der Waals surface area contributed by atoms with Crippen molar-refractivity contribution >= 4 is 30.2 Å². The first-order valence-corrected chi connectivity index (χ1v) is 9.96. The summed E-state index contributed by atoms with van der Waals surface area (Å²) in [7, 11) is 0. The number of fused-ring (bicyclic) bond motifs is 5. The first-order valence-electron chi connectivity index (χ1n) is 9.51. The van der Waals surface area contributed by atoms with Crippen molar-refractivity contribution in [1.29, 1.82) is 0 Å². The number of thiol groups is 1. The van der Waals surface area contributed by atoms with Gasteiger partial charge in [-0.25, -0.2) is 0 Å². The Kier molecular flexibility index (Phi) is 3.86. The van der Waals surface area contributed by atoms with Crippen LogP contribution in [0, 0.1) is 22.7 Å². The van der Waals surface area contributed by atoms with Crippen molar-refractivity contribution in [2.45, 2.75) is 64.0 Å². The molecule has 4 aliphatic carbocycles. The van der Waals surface area contributed by atoms with Crippen molar-refractivity contribution in [2.75, 3.05) is 0 Å². The fraction of sp³-hybridized carbons (Fsp3) is 0.667. The maximum absolute atomic E-state index is 13.4. The zero-order valence-electron chi connectivity index (χ0n) is 15.6. The number of rotatable bonds is 1. The van der Waals surface area contributed by atoms with E-state index in [4.69, 9.17) is 17.4 Å². The molecular formula is C21H26O4S. The average Bonchev–Trinajstić information content (AvgIpc) is 2.84. The average molecular weight is 375 g/mol. The second-order valence-electron chi connectivity index (χ2n) is 8.89. The zero-order chi connectivity index (χ0) is 18.9. The molecule has 4 aliphatic rings. The van der Waals surface area contributed by atoms with Crippen LogP contribution in [-0.4, -0.2) is 22.3 Å². The third-order valence-corrected chi connectivity index (χ3v) is 8.72. The molecule has 4 rings (SSSR count). The summed E-state index contributed by atoms with van der Waals surface area (Å²) < 4.78 is 4.55. The van der Waals surface area contributed by atoms with Crippen molar-refractivity contribution < 1.29 is 19.1 Å². The molecule has 0 amide bonds. The molecule has 0 bridgehead atoms. The lowest BCUT2D eigenvalue weighted by molar-refractivity contribution is -0.144. The van der Waals surface area contributed by atoms with Gasteiger partial charge in [-0.1, -0.05) is 19.9 Å². The van der Waals surface area contributed by atoms with Gasteiger partial charge in [0.15, 0.2) is 5.78 Å². The molecule has 0 unspecified atom stereocenters. The number of hydrogen-bond donors (Lipinski definition) is 1. The number of ether oxygens (including phenoxy) is 1. The molecule has 2 saturated carbocycles. The van der Waals surface area contributed by atoms with E-state index >= 15 is 0 Å². The Hall–Kier alpha value is -1.36. The van der Waals surface area contributed by atoms with Gasteiger partial charge in [-0.2, -0.15) is 12.6 Å². The molecule has 0 saturated heterocycles. The summed E-state index contributed by atoms with van der Waals surface area (Å²) in [6, 6.07) is 0. The second-order valence-corrected chi connectivity index (χ2v) is 9.60. The first kappa shape index (κ1) is 18.0. The predicted octanol–water partition coefficient (Wildman–Crippen LogP) is 3.81. The smallest absolute Gasteiger partial charge is 0.307 e. The highest BCUT2D eigenvalue weighted by atomic mass is 32.1. The van der Waals surface area contributed by atoms with Crippen LogP contribution in [0.15, 0.2) is 23.5 Å². The fourth-order valence-corrected chi connectivity index (χ4v) is 6.73. The van der Waals surface area contributed by atoms with Crippen molar-refractivity contribution in [3.63, 3.8) is 0 Å². The van der Waals surface area contributed by atoms with E-state index in [1.165, 1.54) is 6.92 Å². The van der Waals surface area contributed by atoms with E-state index in [1.807, 2.05) is 13.0 Å². The normalized spacial score (nSPS) is 44.5. The Morgan fingerprint density at radius 1 is 1.19 bits per heavy atom. The van der Waals surface area contributed by atoms with Crippen LogP contribution in [0.5, 0.6) is 0 Å². The van der Waals surface area contributed by atoms with E-state index in [0.717, 1.165) is 24.8 Å². The molecule has 2 fully saturated rings. The number of Topliss-reactive ketones (excluding diaryl/α,β-unsaturated/α-hetero) is 2. The van der Waals surface area contributed by atoms with Gasteiger partial charge in [0.05, 0.1) is 4.75 Å². The van der Waals surface area contributed by atoms with E-state index in [9.17, 15) is 14.4 Å². The first-order chi connectivity index (χ1) is 12.1. The zero-order valence-corrected chi connectivity index (χ0v) is 16.5. The third-order valence-electron chi connectivity index (χ3n) is 7.65. The van der Waals surface area contributed by atoms with Crippen LogP contribution in [0.3, 0.4) is 0 Å². The maximum atomic E-state index is 13.4. The SMILES string of the molecule is CC(=O)OC1=CC2=CC[C@H]3[C@@H]4CCC(=O)[C@]4(C)CC(=O)[C@@]3(S)[C@]2(C)CC1. The Bertz CT molecular complexity index is 781. The van der Waals surface area contributed by atoms with Crippen LogP contribution < -0.4 is 0 Å². The minimum absolute atomic E-state index is 0.0842. The number of carbonyl (C=O) groups is 3. The van der Waals surface area contributed by atoms with Crippen LogP contribution >= 0.6 is 12.6 Å². The third kappa shape index (κ3) is 2.12. The summed E-state index contributed by atoms with van der Waals surface area (Å²) >= 11 is 5.09. The Morgan fingerprint density at radius 2 is 1.92 bits per heavy atom. The summed E-state index contributed by atoms with van der Waals surface area (Å²) in [5.41, 5.74) is 0.142. The topological polar surface area (TPSA) is 60.4 Å². The molecule has 0 radical (unpaired) electrons. The van der Waals surface area contributed by atoms with Gasteiger partial charge >= 0.3 is 5.97 Å². The number of ketones is 2. The van der Waals surface area contributed by atoms with Gasteiger partial charge in [0.2, 0.25) is 0 Å². The van der Waals surface area contributed by atoms with Crippen LogP contribution in [0.4, 0.5) is 0 Å². The van der Waals surface area contributed by atoms with Gasteiger partial charge in [-0.05, 0) is 42.7 Å². The van der Waals surface area contributed by atoms with Crippen LogP contribution in [-0.2, 0) is 19.1 Å². The van der Waals surface area contributed by atoms with E-state index in [1.54, 1.807) is 0 Å². The summed E-state index contributed by atoms with van der Waals surface area (Å²) in [6.45, 7) is 5.51. The molecule has 4 nitrogen and oxygen atoms in total. The number of hydrogen-bond acceptors (Lipinski definition) is 5. The van der Waals surface area contributed by atoms with Gasteiger partial charge in [-0.3, -0.25) is 14.4 Å². The van der Waals surface area contributed by atoms with E-state index in [-0.39, 0.29) is 29.4 Å². The van der Waals surface area contributed by atoms with Gasteiger partial charge < -0.3 is 4.74 Å². The molecule has 26 heavy (non-hydrogen) atoms. The van der Waals surface area contributed by atoms with Crippen molar-refractivity contribution in [3.8, 4) is 0 Å². The summed E-state index contributed by atoms with van der Waals surface area (Å²) in [4.78, 5) is 37.2. The van der Waals surface area contributed by atoms with Crippen molar-refractivity contribution in [2.24, 2.45) is 22.7 Å².